The standard InChI is InChI=1S/C27H25ClN4O6/c1-15-18(22(30-38-15)16-8-6-5-7-9-16)13-32-24(35)27(29-25(32)36)19-12-17(28)10-11-20(19)31(23(27)34)14-21(33)37-26(2,3)4/h5-12H,13-14H2,1-4H3,(H,29,36). The molecule has 1 fully saturated rings. The molecule has 4 amide bonds. The van der Waals surface area contributed by atoms with E-state index in [2.05, 4.69) is 10.5 Å². The van der Waals surface area contributed by atoms with Crippen LogP contribution in [0, 0.1) is 6.92 Å². The Balaban J connectivity index is 1.52. The van der Waals surface area contributed by atoms with Gasteiger partial charge < -0.3 is 14.6 Å². The van der Waals surface area contributed by atoms with Gasteiger partial charge in [0.1, 0.15) is 23.6 Å². The minimum Gasteiger partial charge on any atom is -0.459 e. The van der Waals surface area contributed by atoms with Gasteiger partial charge in [0, 0.05) is 21.7 Å². The summed E-state index contributed by atoms with van der Waals surface area (Å²) in [5.41, 5.74) is -0.620. The molecule has 2 aliphatic rings. The molecule has 3 aromatic rings. The first-order chi connectivity index (χ1) is 17.9. The molecule has 11 heteroatoms. The number of amides is 4. The van der Waals surface area contributed by atoms with Gasteiger partial charge in [-0.1, -0.05) is 47.1 Å². The molecule has 2 aromatic carbocycles. The summed E-state index contributed by atoms with van der Waals surface area (Å²) in [5, 5.41) is 6.97. The summed E-state index contributed by atoms with van der Waals surface area (Å²) in [4.78, 5) is 55.8. The van der Waals surface area contributed by atoms with Crippen molar-refractivity contribution >= 4 is 41.1 Å². The molecule has 1 aromatic heterocycles. The molecule has 0 aliphatic carbocycles. The second-order valence-electron chi connectivity index (χ2n) is 10.1. The van der Waals surface area contributed by atoms with Gasteiger partial charge in [-0.05, 0) is 45.9 Å². The number of fused-ring (bicyclic) bond motifs is 2. The zero-order valence-electron chi connectivity index (χ0n) is 21.2. The number of carbonyl (C=O) groups excluding carboxylic acids is 4. The van der Waals surface area contributed by atoms with Crippen molar-refractivity contribution in [3.05, 3.63) is 70.4 Å². The van der Waals surface area contributed by atoms with Crippen molar-refractivity contribution in [1.82, 2.24) is 15.4 Å². The molecule has 196 valence electrons. The maximum absolute atomic E-state index is 14.0. The zero-order chi connectivity index (χ0) is 27.4. The SMILES string of the molecule is Cc1onc(-c2ccccc2)c1CN1C(=O)NC2(C1=O)C(=O)N(CC(=O)OC(C)(C)C)c1ccc(Cl)cc12. The molecule has 1 atom stereocenters. The van der Waals surface area contributed by atoms with E-state index in [1.54, 1.807) is 33.8 Å². The number of hydrogen-bond acceptors (Lipinski definition) is 7. The van der Waals surface area contributed by atoms with E-state index in [-0.39, 0.29) is 22.8 Å². The van der Waals surface area contributed by atoms with Gasteiger partial charge in [-0.2, -0.15) is 0 Å². The van der Waals surface area contributed by atoms with Crippen LogP contribution in [0.5, 0.6) is 0 Å². The predicted molar refractivity (Wildman–Crippen MR) is 137 cm³/mol. The molecule has 1 saturated heterocycles. The van der Waals surface area contributed by atoms with Crippen LogP contribution in [0.3, 0.4) is 0 Å². The highest BCUT2D eigenvalue weighted by atomic mass is 35.5. The van der Waals surface area contributed by atoms with Gasteiger partial charge in [-0.25, -0.2) is 4.79 Å². The third kappa shape index (κ3) is 4.10. The molecule has 0 saturated carbocycles. The van der Waals surface area contributed by atoms with E-state index in [1.807, 2.05) is 30.3 Å². The number of esters is 1. The van der Waals surface area contributed by atoms with Crippen molar-refractivity contribution in [2.75, 3.05) is 11.4 Å². The third-order valence-corrected chi connectivity index (χ3v) is 6.62. The van der Waals surface area contributed by atoms with Crippen LogP contribution >= 0.6 is 11.6 Å². The highest BCUT2D eigenvalue weighted by Crippen LogP contribution is 2.45. The van der Waals surface area contributed by atoms with Crippen molar-refractivity contribution < 1.29 is 28.4 Å². The fourth-order valence-electron chi connectivity index (χ4n) is 4.74. The predicted octanol–water partition coefficient (Wildman–Crippen LogP) is 3.94. The number of anilines is 1. The Morgan fingerprint density at radius 3 is 2.45 bits per heavy atom. The lowest BCUT2D eigenvalue weighted by atomic mass is 9.91. The van der Waals surface area contributed by atoms with Crippen LogP contribution in [0.15, 0.2) is 53.1 Å². The summed E-state index contributed by atoms with van der Waals surface area (Å²) in [6, 6.07) is 13.0. The number of halogens is 1. The highest BCUT2D eigenvalue weighted by Gasteiger charge is 2.64. The first kappa shape index (κ1) is 25.5. The monoisotopic (exact) mass is 536 g/mol. The summed E-state index contributed by atoms with van der Waals surface area (Å²) in [7, 11) is 0. The number of aromatic nitrogens is 1. The maximum atomic E-state index is 14.0. The smallest absolute Gasteiger partial charge is 0.326 e. The Hall–Kier alpha value is -4.18. The Kier molecular flexibility index (Phi) is 6.02. The van der Waals surface area contributed by atoms with Crippen LogP contribution in [0.4, 0.5) is 10.5 Å². The van der Waals surface area contributed by atoms with Gasteiger partial charge in [0.2, 0.25) is 5.54 Å². The number of nitrogens with zero attached hydrogens (tertiary/aromatic N) is 3. The summed E-state index contributed by atoms with van der Waals surface area (Å²) in [6.45, 7) is 6.18. The van der Waals surface area contributed by atoms with Crippen molar-refractivity contribution in [2.24, 2.45) is 0 Å². The van der Waals surface area contributed by atoms with Crippen LogP contribution in [-0.4, -0.2) is 46.0 Å². The molecule has 1 N–H and O–H groups in total. The van der Waals surface area contributed by atoms with Crippen LogP contribution in [0.2, 0.25) is 5.02 Å². The minimum atomic E-state index is -2.07. The molecule has 3 heterocycles. The van der Waals surface area contributed by atoms with E-state index in [9.17, 15) is 19.2 Å². The molecule has 10 nitrogen and oxygen atoms in total. The number of benzene rings is 2. The van der Waals surface area contributed by atoms with Crippen molar-refractivity contribution in [3.63, 3.8) is 0 Å². The normalized spacial score (nSPS) is 18.8. The number of carbonyl (C=O) groups is 4. The van der Waals surface area contributed by atoms with Gasteiger partial charge in [-0.15, -0.1) is 0 Å². The highest BCUT2D eigenvalue weighted by molar-refractivity contribution is 6.32. The molecule has 1 unspecified atom stereocenters. The van der Waals surface area contributed by atoms with Crippen LogP contribution in [0.25, 0.3) is 11.3 Å². The lowest BCUT2D eigenvalue weighted by Crippen LogP contribution is -2.53. The Morgan fingerprint density at radius 2 is 1.76 bits per heavy atom. The molecule has 0 bridgehead atoms. The molecular formula is C27H25ClN4O6. The number of urea groups is 1. The van der Waals surface area contributed by atoms with Crippen LogP contribution in [-0.2, 0) is 31.2 Å². The zero-order valence-corrected chi connectivity index (χ0v) is 22.0. The van der Waals surface area contributed by atoms with E-state index >= 15 is 0 Å². The van der Waals surface area contributed by atoms with Crippen molar-refractivity contribution in [2.45, 2.75) is 45.4 Å². The lowest BCUT2D eigenvalue weighted by Gasteiger charge is -2.24. The van der Waals surface area contributed by atoms with Crippen LogP contribution < -0.4 is 10.2 Å². The summed E-state index contributed by atoms with van der Waals surface area (Å²) in [6.07, 6.45) is 0. The molecule has 1 spiro atoms. The average molecular weight is 537 g/mol. The summed E-state index contributed by atoms with van der Waals surface area (Å²) < 4.78 is 10.8. The Labute approximate surface area is 223 Å². The first-order valence-corrected chi connectivity index (χ1v) is 12.3. The fourth-order valence-corrected chi connectivity index (χ4v) is 4.91. The number of ether oxygens (including phenoxy) is 1. The third-order valence-electron chi connectivity index (χ3n) is 6.38. The van der Waals surface area contributed by atoms with Gasteiger partial charge in [0.25, 0.3) is 11.8 Å². The minimum absolute atomic E-state index is 0.179. The second kappa shape index (κ2) is 8.98. The quantitative estimate of drug-likeness (QED) is 0.298. The number of hydrogen-bond donors (Lipinski definition) is 1. The molecule has 0 radical (unpaired) electrons. The fraction of sp³-hybridized carbons (Fsp3) is 0.296. The first-order valence-electron chi connectivity index (χ1n) is 11.9. The van der Waals surface area contributed by atoms with E-state index in [0.717, 1.165) is 15.4 Å². The van der Waals surface area contributed by atoms with E-state index < -0.39 is 41.5 Å². The second-order valence-corrected chi connectivity index (χ2v) is 10.6. The summed E-state index contributed by atoms with van der Waals surface area (Å²) in [5.74, 6) is -1.79. The number of aryl methyl sites for hydroxylation is 1. The Morgan fingerprint density at radius 1 is 1.08 bits per heavy atom. The summed E-state index contributed by atoms with van der Waals surface area (Å²) >= 11 is 6.24. The number of imide groups is 1. The molecule has 2 aliphatic heterocycles. The molecule has 5 rings (SSSR count). The topological polar surface area (TPSA) is 122 Å². The number of nitrogens with one attached hydrogen (secondary N) is 1. The largest absolute Gasteiger partial charge is 0.459 e. The van der Waals surface area contributed by atoms with E-state index in [0.29, 0.717) is 17.0 Å². The Bertz CT molecular complexity index is 1480. The average Bonchev–Trinajstić information content (AvgIpc) is 3.41. The van der Waals surface area contributed by atoms with Crippen molar-refractivity contribution in [3.8, 4) is 11.3 Å². The molecule has 38 heavy (non-hydrogen) atoms. The van der Waals surface area contributed by atoms with Gasteiger partial charge in [-0.3, -0.25) is 24.2 Å². The van der Waals surface area contributed by atoms with Gasteiger partial charge in [0.05, 0.1) is 12.2 Å². The lowest BCUT2D eigenvalue weighted by molar-refractivity contribution is -0.154. The van der Waals surface area contributed by atoms with Crippen molar-refractivity contribution in [1.29, 1.82) is 0 Å². The van der Waals surface area contributed by atoms with Gasteiger partial charge in [0.15, 0.2) is 0 Å². The van der Waals surface area contributed by atoms with Crippen LogP contribution in [0.1, 0.15) is 37.7 Å². The van der Waals surface area contributed by atoms with E-state index in [1.165, 1.54) is 12.1 Å². The molecular weight excluding hydrogens is 512 g/mol. The van der Waals surface area contributed by atoms with E-state index in [4.69, 9.17) is 20.9 Å². The van der Waals surface area contributed by atoms with Gasteiger partial charge >= 0.3 is 12.0 Å². The maximum Gasteiger partial charge on any atom is 0.326 e. The number of rotatable bonds is 5.